The van der Waals surface area contributed by atoms with Gasteiger partial charge in [0, 0.05) is 49.6 Å². The van der Waals surface area contributed by atoms with Gasteiger partial charge in [-0.3, -0.25) is 9.79 Å². The van der Waals surface area contributed by atoms with Crippen LogP contribution in [0.1, 0.15) is 37.8 Å². The van der Waals surface area contributed by atoms with Crippen LogP contribution in [0, 0.1) is 28.9 Å². The fraction of sp³-hybridized carbons (Fsp3) is 0.364. The van der Waals surface area contributed by atoms with Crippen molar-refractivity contribution in [2.75, 3.05) is 13.1 Å². The van der Waals surface area contributed by atoms with Gasteiger partial charge in [-0.05, 0) is 43.5 Å². The van der Waals surface area contributed by atoms with Crippen LogP contribution in [-0.4, -0.2) is 41.3 Å². The number of piperidine rings is 1. The van der Waals surface area contributed by atoms with Gasteiger partial charge in [-0.2, -0.15) is 10.4 Å². The Morgan fingerprint density at radius 1 is 1.30 bits per heavy atom. The van der Waals surface area contributed by atoms with Gasteiger partial charge in [0.25, 0.3) is 0 Å². The minimum absolute atomic E-state index is 0.146. The van der Waals surface area contributed by atoms with Crippen LogP contribution in [0.4, 0.5) is 8.78 Å². The van der Waals surface area contributed by atoms with E-state index in [1.165, 1.54) is 17.1 Å². The Balaban J connectivity index is 1.64. The van der Waals surface area contributed by atoms with Crippen LogP contribution in [0.2, 0.25) is 0 Å². The van der Waals surface area contributed by atoms with Gasteiger partial charge in [-0.25, -0.2) is 13.8 Å². The molecule has 0 aromatic heterocycles. The number of benzene rings is 1. The third-order valence-electron chi connectivity index (χ3n) is 5.26. The topological polar surface area (TPSA) is 72.1 Å². The molecule has 2 aliphatic heterocycles. The molecule has 0 saturated carbocycles. The second kappa shape index (κ2) is 9.44. The van der Waals surface area contributed by atoms with Crippen molar-refractivity contribution in [3.8, 4) is 6.07 Å². The minimum atomic E-state index is -0.673. The number of halogens is 2. The monoisotopic (exact) mass is 411 g/mol. The average Bonchev–Trinajstić information content (AvgIpc) is 3.22. The lowest BCUT2D eigenvalue weighted by atomic mass is 9.94. The third kappa shape index (κ3) is 4.79. The van der Waals surface area contributed by atoms with Gasteiger partial charge < -0.3 is 4.90 Å². The van der Waals surface area contributed by atoms with Crippen molar-refractivity contribution < 1.29 is 13.6 Å². The zero-order valence-corrected chi connectivity index (χ0v) is 16.8. The standard InChI is InChI=1S/C22H23F2N5O/c1-3-26-20(14-25)10-15(2)28-8-5-16(6-9-28)22(30)29-21(4-7-27-29)17-11-18(23)13-19(24)12-17/h3,7,10-13,16,21H,2,4-6,8-9H2,1H3/b20-10-,26-3?. The Bertz CT molecular complexity index is 935. The molecule has 3 rings (SSSR count). The molecule has 8 heteroatoms. The Kier molecular flexibility index (Phi) is 6.72. The normalized spacial score (nSPS) is 20.1. The van der Waals surface area contributed by atoms with Crippen molar-refractivity contribution in [1.29, 1.82) is 5.26 Å². The number of hydrogen-bond acceptors (Lipinski definition) is 5. The number of amides is 1. The molecule has 1 saturated heterocycles. The zero-order valence-electron chi connectivity index (χ0n) is 16.8. The highest BCUT2D eigenvalue weighted by atomic mass is 19.1. The van der Waals surface area contributed by atoms with Gasteiger partial charge in [0.15, 0.2) is 0 Å². The Hall–Kier alpha value is -3.34. The number of allylic oxidation sites excluding steroid dienone is 2. The average molecular weight is 411 g/mol. The van der Waals surface area contributed by atoms with E-state index in [4.69, 9.17) is 5.26 Å². The van der Waals surface area contributed by atoms with Gasteiger partial charge in [-0.1, -0.05) is 6.58 Å². The van der Waals surface area contributed by atoms with E-state index in [0.717, 1.165) is 6.07 Å². The Labute approximate surface area is 174 Å². The first-order valence-corrected chi connectivity index (χ1v) is 9.78. The van der Waals surface area contributed by atoms with Gasteiger partial charge in [-0.15, -0.1) is 0 Å². The van der Waals surface area contributed by atoms with Crippen molar-refractivity contribution >= 4 is 18.3 Å². The molecule has 1 unspecified atom stereocenters. The van der Waals surface area contributed by atoms with E-state index in [2.05, 4.69) is 16.7 Å². The maximum Gasteiger partial charge on any atom is 0.246 e. The van der Waals surface area contributed by atoms with E-state index in [9.17, 15) is 13.6 Å². The molecular weight excluding hydrogens is 388 g/mol. The molecule has 30 heavy (non-hydrogen) atoms. The fourth-order valence-corrected chi connectivity index (χ4v) is 3.76. The Morgan fingerprint density at radius 2 is 1.97 bits per heavy atom. The summed E-state index contributed by atoms with van der Waals surface area (Å²) in [6, 6.07) is 4.81. The molecular formula is C22H23F2N5O. The van der Waals surface area contributed by atoms with Crippen LogP contribution < -0.4 is 0 Å². The molecule has 2 aliphatic rings. The molecule has 1 amide bonds. The van der Waals surface area contributed by atoms with Crippen molar-refractivity contribution in [2.24, 2.45) is 16.0 Å². The number of carbonyl (C=O) groups is 1. The number of hydrazone groups is 1. The predicted molar refractivity (Wildman–Crippen MR) is 110 cm³/mol. The van der Waals surface area contributed by atoms with E-state index in [1.54, 1.807) is 25.4 Å². The number of likely N-dealkylation sites (tertiary alicyclic amines) is 1. The zero-order chi connectivity index (χ0) is 21.7. The molecule has 0 N–H and O–H groups in total. The number of rotatable bonds is 5. The number of carbonyl (C=O) groups excluding carboxylic acids is 1. The van der Waals surface area contributed by atoms with E-state index in [-0.39, 0.29) is 17.5 Å². The Morgan fingerprint density at radius 3 is 2.57 bits per heavy atom. The molecule has 156 valence electrons. The van der Waals surface area contributed by atoms with Gasteiger partial charge in [0.1, 0.15) is 23.4 Å². The molecule has 0 radical (unpaired) electrons. The second-order valence-electron chi connectivity index (χ2n) is 7.22. The van der Waals surface area contributed by atoms with E-state index < -0.39 is 17.7 Å². The number of nitriles is 1. The second-order valence-corrected chi connectivity index (χ2v) is 7.22. The molecule has 0 spiro atoms. The van der Waals surface area contributed by atoms with Gasteiger partial charge in [0.2, 0.25) is 5.91 Å². The van der Waals surface area contributed by atoms with Crippen molar-refractivity contribution in [3.05, 3.63) is 59.4 Å². The number of aliphatic imine (C=N–C) groups is 1. The van der Waals surface area contributed by atoms with Crippen molar-refractivity contribution in [1.82, 2.24) is 9.91 Å². The highest BCUT2D eigenvalue weighted by Gasteiger charge is 2.35. The maximum absolute atomic E-state index is 13.6. The molecule has 2 heterocycles. The van der Waals surface area contributed by atoms with E-state index in [1.807, 2.05) is 11.0 Å². The molecule has 0 bridgehead atoms. The third-order valence-corrected chi connectivity index (χ3v) is 5.26. The number of hydrogen-bond donors (Lipinski definition) is 0. The fourth-order valence-electron chi connectivity index (χ4n) is 3.76. The summed E-state index contributed by atoms with van der Waals surface area (Å²) in [5, 5.41) is 14.6. The quantitative estimate of drug-likeness (QED) is 0.418. The summed E-state index contributed by atoms with van der Waals surface area (Å²) < 4.78 is 27.2. The predicted octanol–water partition coefficient (Wildman–Crippen LogP) is 3.95. The van der Waals surface area contributed by atoms with E-state index in [0.29, 0.717) is 43.6 Å². The van der Waals surface area contributed by atoms with Crippen LogP contribution in [0.3, 0.4) is 0 Å². The molecule has 6 nitrogen and oxygen atoms in total. The summed E-state index contributed by atoms with van der Waals surface area (Å²) in [6.45, 7) is 6.95. The summed E-state index contributed by atoms with van der Waals surface area (Å²) in [4.78, 5) is 19.0. The first-order valence-electron chi connectivity index (χ1n) is 9.78. The smallest absolute Gasteiger partial charge is 0.246 e. The molecule has 1 aromatic rings. The molecule has 0 aliphatic carbocycles. The largest absolute Gasteiger partial charge is 0.372 e. The highest BCUT2D eigenvalue weighted by molar-refractivity contribution is 5.82. The van der Waals surface area contributed by atoms with Crippen LogP contribution in [-0.2, 0) is 4.79 Å². The first kappa shape index (κ1) is 21.4. The molecule has 1 aromatic carbocycles. The van der Waals surface area contributed by atoms with Crippen LogP contribution in [0.25, 0.3) is 0 Å². The minimum Gasteiger partial charge on any atom is -0.372 e. The van der Waals surface area contributed by atoms with Crippen LogP contribution in [0.5, 0.6) is 0 Å². The van der Waals surface area contributed by atoms with Gasteiger partial charge >= 0.3 is 0 Å². The number of nitrogens with zero attached hydrogens (tertiary/aromatic N) is 5. The van der Waals surface area contributed by atoms with Crippen LogP contribution in [0.15, 0.2) is 52.3 Å². The van der Waals surface area contributed by atoms with E-state index >= 15 is 0 Å². The first-order chi connectivity index (χ1) is 14.4. The van der Waals surface area contributed by atoms with Gasteiger partial charge in [0.05, 0.1) is 6.04 Å². The summed E-state index contributed by atoms with van der Waals surface area (Å²) in [7, 11) is 0. The summed E-state index contributed by atoms with van der Waals surface area (Å²) in [6.07, 6.45) is 6.39. The lowest BCUT2D eigenvalue weighted by Crippen LogP contribution is -2.40. The summed E-state index contributed by atoms with van der Waals surface area (Å²) in [5.74, 6) is -1.73. The maximum atomic E-state index is 13.6. The van der Waals surface area contributed by atoms with Crippen molar-refractivity contribution in [3.63, 3.8) is 0 Å². The SMILES string of the molecule is C=C(/C=C(/C#N)N=CC)N1CCC(C(=O)N2N=CCC2c2cc(F)cc(F)c2)CC1. The summed E-state index contributed by atoms with van der Waals surface area (Å²) >= 11 is 0. The van der Waals surface area contributed by atoms with Crippen LogP contribution >= 0.6 is 0 Å². The lowest BCUT2D eigenvalue weighted by Gasteiger charge is -2.35. The van der Waals surface area contributed by atoms with Crippen molar-refractivity contribution in [2.45, 2.75) is 32.2 Å². The summed E-state index contributed by atoms with van der Waals surface area (Å²) in [5.41, 5.74) is 1.35. The molecule has 1 atom stereocenters. The lowest BCUT2D eigenvalue weighted by molar-refractivity contribution is -0.138. The highest BCUT2D eigenvalue weighted by Crippen LogP contribution is 2.33. The molecule has 1 fully saturated rings.